The highest BCUT2D eigenvalue weighted by Crippen LogP contribution is 2.18. The lowest BCUT2D eigenvalue weighted by Crippen LogP contribution is -2.48. The van der Waals surface area contributed by atoms with Gasteiger partial charge in [0.25, 0.3) is 5.91 Å². The Morgan fingerprint density at radius 2 is 1.79 bits per heavy atom. The number of carbonyl (C=O) groups is 1. The van der Waals surface area contributed by atoms with E-state index in [1.165, 1.54) is 25.7 Å². The minimum absolute atomic E-state index is 0.0771. The van der Waals surface area contributed by atoms with Gasteiger partial charge in [0.15, 0.2) is 5.96 Å². The van der Waals surface area contributed by atoms with E-state index >= 15 is 0 Å². The molecule has 3 rings (SSSR count). The number of aliphatic imine (C=N–C) groups is 1. The van der Waals surface area contributed by atoms with Crippen LogP contribution in [0.4, 0.5) is 0 Å². The molecular weight excluding hydrogens is 352 g/mol. The summed E-state index contributed by atoms with van der Waals surface area (Å²) in [4.78, 5) is 19.4. The van der Waals surface area contributed by atoms with Crippen molar-refractivity contribution in [1.82, 2.24) is 15.5 Å². The fourth-order valence-electron chi connectivity index (χ4n) is 4.03. The molecule has 0 radical (unpaired) electrons. The Hall–Kier alpha value is -2.08. The second kappa shape index (κ2) is 9.92. The monoisotopic (exact) mass is 386 g/mol. The number of rotatable bonds is 5. The number of nitrogens with zero attached hydrogens (tertiary/aromatic N) is 2. The standard InChI is InChI=1S/C22H34N4O2/c1-4-23-22(25-20-7-5-6-8-20)24-13-18-9-11-19(12-10-18)21(27)26-14-16(2)28-17(3)15-26/h9-12,16-17,20H,4-8,13-15H2,1-3H3,(H2,23,24,25). The van der Waals surface area contributed by atoms with Gasteiger partial charge < -0.3 is 20.3 Å². The molecule has 1 amide bonds. The van der Waals surface area contributed by atoms with Crippen molar-refractivity contribution in [2.24, 2.45) is 4.99 Å². The van der Waals surface area contributed by atoms with Gasteiger partial charge in [-0.15, -0.1) is 0 Å². The molecule has 2 aliphatic rings. The first-order chi connectivity index (χ1) is 13.5. The average molecular weight is 387 g/mol. The first kappa shape index (κ1) is 20.6. The number of ether oxygens (including phenoxy) is 1. The van der Waals surface area contributed by atoms with E-state index in [0.717, 1.165) is 23.6 Å². The quantitative estimate of drug-likeness (QED) is 0.603. The lowest BCUT2D eigenvalue weighted by Gasteiger charge is -2.35. The summed E-state index contributed by atoms with van der Waals surface area (Å²) in [7, 11) is 0. The van der Waals surface area contributed by atoms with E-state index < -0.39 is 0 Å². The third-order valence-corrected chi connectivity index (χ3v) is 5.37. The minimum Gasteiger partial charge on any atom is -0.372 e. The molecule has 6 nitrogen and oxygen atoms in total. The van der Waals surface area contributed by atoms with E-state index in [1.807, 2.05) is 43.0 Å². The van der Waals surface area contributed by atoms with Crippen LogP contribution < -0.4 is 10.6 Å². The minimum atomic E-state index is 0.0771. The van der Waals surface area contributed by atoms with Gasteiger partial charge in [-0.25, -0.2) is 4.99 Å². The Bertz CT molecular complexity index is 658. The summed E-state index contributed by atoms with van der Waals surface area (Å²) in [5, 5.41) is 6.86. The van der Waals surface area contributed by atoms with E-state index in [1.54, 1.807) is 0 Å². The van der Waals surface area contributed by atoms with Crippen molar-refractivity contribution >= 4 is 11.9 Å². The molecule has 28 heavy (non-hydrogen) atoms. The zero-order valence-electron chi connectivity index (χ0n) is 17.4. The number of morpholine rings is 1. The maximum atomic E-state index is 12.8. The summed E-state index contributed by atoms with van der Waals surface area (Å²) in [5.74, 6) is 0.958. The van der Waals surface area contributed by atoms with E-state index in [9.17, 15) is 4.79 Å². The fourth-order valence-corrected chi connectivity index (χ4v) is 4.03. The normalized spacial score (nSPS) is 23.7. The highest BCUT2D eigenvalue weighted by Gasteiger charge is 2.26. The van der Waals surface area contributed by atoms with Gasteiger partial charge in [-0.2, -0.15) is 0 Å². The van der Waals surface area contributed by atoms with Crippen molar-refractivity contribution in [3.63, 3.8) is 0 Å². The van der Waals surface area contributed by atoms with Gasteiger partial charge in [0, 0.05) is 31.2 Å². The molecule has 2 unspecified atom stereocenters. The van der Waals surface area contributed by atoms with Crippen LogP contribution >= 0.6 is 0 Å². The van der Waals surface area contributed by atoms with Crippen LogP contribution in [0.1, 0.15) is 62.4 Å². The second-order valence-electron chi connectivity index (χ2n) is 7.99. The summed E-state index contributed by atoms with van der Waals surface area (Å²) in [6.45, 7) is 8.85. The predicted molar refractivity (Wildman–Crippen MR) is 113 cm³/mol. The van der Waals surface area contributed by atoms with Gasteiger partial charge >= 0.3 is 0 Å². The zero-order valence-corrected chi connectivity index (χ0v) is 17.4. The molecule has 0 aromatic heterocycles. The molecular formula is C22H34N4O2. The summed E-state index contributed by atoms with van der Waals surface area (Å²) in [6, 6.07) is 8.37. The molecule has 154 valence electrons. The SMILES string of the molecule is CCNC(=NCc1ccc(C(=O)N2CC(C)OC(C)C2)cc1)NC1CCCC1. The van der Waals surface area contributed by atoms with Crippen molar-refractivity contribution in [2.75, 3.05) is 19.6 Å². The van der Waals surface area contributed by atoms with E-state index in [0.29, 0.717) is 25.7 Å². The molecule has 2 atom stereocenters. The molecule has 1 saturated heterocycles. The molecule has 0 spiro atoms. The third kappa shape index (κ3) is 5.71. The Morgan fingerprint density at radius 1 is 1.14 bits per heavy atom. The lowest BCUT2D eigenvalue weighted by molar-refractivity contribution is -0.0586. The maximum Gasteiger partial charge on any atom is 0.254 e. The zero-order chi connectivity index (χ0) is 19.9. The van der Waals surface area contributed by atoms with Crippen LogP contribution in [-0.4, -0.2) is 54.7 Å². The third-order valence-electron chi connectivity index (χ3n) is 5.37. The Balaban J connectivity index is 1.58. The summed E-state index contributed by atoms with van der Waals surface area (Å²) < 4.78 is 5.72. The molecule has 1 saturated carbocycles. The summed E-state index contributed by atoms with van der Waals surface area (Å²) in [6.07, 6.45) is 5.21. The number of hydrogen-bond donors (Lipinski definition) is 2. The van der Waals surface area contributed by atoms with Crippen LogP contribution in [0.2, 0.25) is 0 Å². The summed E-state index contributed by atoms with van der Waals surface area (Å²) in [5.41, 5.74) is 1.83. The predicted octanol–water partition coefficient (Wildman–Crippen LogP) is 2.93. The van der Waals surface area contributed by atoms with Crippen LogP contribution in [0.15, 0.2) is 29.3 Å². The van der Waals surface area contributed by atoms with Crippen molar-refractivity contribution in [2.45, 2.75) is 71.2 Å². The molecule has 1 heterocycles. The number of carbonyl (C=O) groups excluding carboxylic acids is 1. The lowest BCUT2D eigenvalue weighted by atomic mass is 10.1. The molecule has 1 aromatic rings. The van der Waals surface area contributed by atoms with Crippen LogP contribution in [-0.2, 0) is 11.3 Å². The number of benzene rings is 1. The van der Waals surface area contributed by atoms with Crippen molar-refractivity contribution < 1.29 is 9.53 Å². The van der Waals surface area contributed by atoms with Gasteiger partial charge in [0.05, 0.1) is 18.8 Å². The van der Waals surface area contributed by atoms with Crippen LogP contribution in [0, 0.1) is 0 Å². The van der Waals surface area contributed by atoms with Crippen molar-refractivity contribution in [3.8, 4) is 0 Å². The maximum absolute atomic E-state index is 12.8. The second-order valence-corrected chi connectivity index (χ2v) is 7.99. The number of guanidine groups is 1. The van der Waals surface area contributed by atoms with Gasteiger partial charge in [-0.3, -0.25) is 4.79 Å². The fraction of sp³-hybridized carbons (Fsp3) is 0.636. The highest BCUT2D eigenvalue weighted by molar-refractivity contribution is 5.94. The van der Waals surface area contributed by atoms with Crippen LogP contribution in [0.25, 0.3) is 0 Å². The topological polar surface area (TPSA) is 66.0 Å². The smallest absolute Gasteiger partial charge is 0.254 e. The molecule has 0 bridgehead atoms. The van der Waals surface area contributed by atoms with Gasteiger partial charge in [0.2, 0.25) is 0 Å². The first-order valence-corrected chi connectivity index (χ1v) is 10.6. The van der Waals surface area contributed by atoms with E-state index in [2.05, 4.69) is 17.6 Å². The molecule has 6 heteroatoms. The van der Waals surface area contributed by atoms with E-state index in [4.69, 9.17) is 9.73 Å². The number of amides is 1. The van der Waals surface area contributed by atoms with Crippen molar-refractivity contribution in [3.05, 3.63) is 35.4 Å². The Morgan fingerprint density at radius 3 is 2.39 bits per heavy atom. The number of nitrogens with one attached hydrogen (secondary N) is 2. The molecule has 2 N–H and O–H groups in total. The first-order valence-electron chi connectivity index (χ1n) is 10.6. The highest BCUT2D eigenvalue weighted by atomic mass is 16.5. The van der Waals surface area contributed by atoms with Crippen molar-refractivity contribution in [1.29, 1.82) is 0 Å². The molecule has 2 fully saturated rings. The largest absolute Gasteiger partial charge is 0.372 e. The van der Waals surface area contributed by atoms with Gasteiger partial charge in [0.1, 0.15) is 0 Å². The molecule has 1 aliphatic heterocycles. The summed E-state index contributed by atoms with van der Waals surface area (Å²) >= 11 is 0. The molecule has 1 aromatic carbocycles. The number of hydrogen-bond acceptors (Lipinski definition) is 3. The average Bonchev–Trinajstić information content (AvgIpc) is 3.18. The van der Waals surface area contributed by atoms with E-state index in [-0.39, 0.29) is 18.1 Å². The van der Waals surface area contributed by atoms with Gasteiger partial charge in [-0.1, -0.05) is 25.0 Å². The van der Waals surface area contributed by atoms with Gasteiger partial charge in [-0.05, 0) is 51.3 Å². The van der Waals surface area contributed by atoms with Crippen LogP contribution in [0.5, 0.6) is 0 Å². The Labute approximate surface area is 168 Å². The Kier molecular flexibility index (Phi) is 7.31. The van der Waals surface area contributed by atoms with Crippen LogP contribution in [0.3, 0.4) is 0 Å². The molecule has 1 aliphatic carbocycles.